The Bertz CT molecular complexity index is 1110. The number of guanidine groups is 1. The minimum atomic E-state index is -0.599. The molecule has 2 heterocycles. The van der Waals surface area contributed by atoms with Gasteiger partial charge in [0.2, 0.25) is 12.8 Å². The van der Waals surface area contributed by atoms with Gasteiger partial charge in [0.05, 0.1) is 11.6 Å². The van der Waals surface area contributed by atoms with Gasteiger partial charge in [0.1, 0.15) is 5.82 Å². The van der Waals surface area contributed by atoms with E-state index in [1.165, 1.54) is 12.1 Å². The molecule has 0 saturated carbocycles. The van der Waals surface area contributed by atoms with E-state index in [9.17, 15) is 9.18 Å². The van der Waals surface area contributed by atoms with Gasteiger partial charge in [-0.2, -0.15) is 0 Å². The van der Waals surface area contributed by atoms with Crippen molar-refractivity contribution >= 4 is 29.2 Å². The van der Waals surface area contributed by atoms with E-state index in [0.717, 1.165) is 11.6 Å². The largest absolute Gasteiger partial charge is 0.454 e. The summed E-state index contributed by atoms with van der Waals surface area (Å²) in [5.74, 6) is 0.346. The molecule has 7 nitrogen and oxygen atoms in total. The molecule has 0 saturated heterocycles. The maximum Gasteiger partial charge on any atom is 0.258 e. The van der Waals surface area contributed by atoms with Crippen LogP contribution < -0.4 is 20.1 Å². The molecule has 1 aromatic heterocycles. The highest BCUT2D eigenvalue weighted by molar-refractivity contribution is 6.31. The van der Waals surface area contributed by atoms with Crippen molar-refractivity contribution in [1.29, 1.82) is 0 Å². The number of hydrogen-bond donors (Lipinski definition) is 2. The molecule has 0 spiro atoms. The van der Waals surface area contributed by atoms with Gasteiger partial charge >= 0.3 is 0 Å². The number of fused-ring (bicyclic) bond motifs is 1. The van der Waals surface area contributed by atoms with Crippen molar-refractivity contribution in [2.45, 2.75) is 6.54 Å². The van der Waals surface area contributed by atoms with Crippen LogP contribution in [0.3, 0.4) is 0 Å². The predicted molar refractivity (Wildman–Crippen MR) is 110 cm³/mol. The third kappa shape index (κ3) is 4.66. The molecule has 2 N–H and O–H groups in total. The summed E-state index contributed by atoms with van der Waals surface area (Å²) in [5.41, 5.74) is 1.75. The lowest BCUT2D eigenvalue weighted by Crippen LogP contribution is -2.36. The Labute approximate surface area is 176 Å². The summed E-state index contributed by atoms with van der Waals surface area (Å²) < 4.78 is 24.1. The Morgan fingerprint density at radius 3 is 2.70 bits per heavy atom. The molecule has 9 heteroatoms. The fourth-order valence-electron chi connectivity index (χ4n) is 2.70. The van der Waals surface area contributed by atoms with Crippen LogP contribution in [0.1, 0.15) is 15.9 Å². The van der Waals surface area contributed by atoms with Gasteiger partial charge in [-0.05, 0) is 48.0 Å². The third-order valence-electron chi connectivity index (χ3n) is 4.22. The van der Waals surface area contributed by atoms with Crippen molar-refractivity contribution in [2.24, 2.45) is 4.99 Å². The van der Waals surface area contributed by atoms with Crippen LogP contribution >= 0.6 is 11.6 Å². The number of anilines is 1. The number of amides is 1. The van der Waals surface area contributed by atoms with Crippen molar-refractivity contribution in [1.82, 2.24) is 10.3 Å². The smallest absolute Gasteiger partial charge is 0.258 e. The molecule has 0 atom stereocenters. The Morgan fingerprint density at radius 2 is 1.90 bits per heavy atom. The molecular weight excluding hydrogens is 411 g/mol. The molecule has 1 aliphatic rings. The molecule has 0 fully saturated rings. The van der Waals surface area contributed by atoms with Gasteiger partial charge in [0.15, 0.2) is 11.5 Å². The van der Waals surface area contributed by atoms with Gasteiger partial charge in [0.25, 0.3) is 5.91 Å². The molecule has 0 aliphatic carbocycles. The Hall–Kier alpha value is -3.65. The van der Waals surface area contributed by atoms with Crippen LogP contribution in [-0.2, 0) is 6.54 Å². The Morgan fingerprint density at radius 1 is 1.10 bits per heavy atom. The van der Waals surface area contributed by atoms with Crippen molar-refractivity contribution < 1.29 is 18.7 Å². The highest BCUT2D eigenvalue weighted by atomic mass is 35.5. The van der Waals surface area contributed by atoms with Gasteiger partial charge in [-0.25, -0.2) is 9.38 Å². The first-order chi connectivity index (χ1) is 14.6. The highest BCUT2D eigenvalue weighted by Crippen LogP contribution is 2.34. The van der Waals surface area contributed by atoms with Crippen LogP contribution in [0.25, 0.3) is 0 Å². The summed E-state index contributed by atoms with van der Waals surface area (Å²) in [6.45, 7) is 0.462. The first kappa shape index (κ1) is 19.7. The van der Waals surface area contributed by atoms with E-state index in [-0.39, 0.29) is 23.3 Å². The van der Waals surface area contributed by atoms with Crippen molar-refractivity contribution in [2.75, 3.05) is 12.1 Å². The summed E-state index contributed by atoms with van der Waals surface area (Å²) in [6.07, 6.45) is 3.32. The number of carbonyl (C=O) groups excluding carboxylic acids is 1. The Balaban J connectivity index is 1.56. The fraction of sp³-hybridized carbons (Fsp3) is 0.0952. The van der Waals surface area contributed by atoms with Crippen LogP contribution in [0, 0.1) is 5.82 Å². The number of benzene rings is 2. The number of hydrogen-bond acceptors (Lipinski definition) is 5. The average Bonchev–Trinajstić information content (AvgIpc) is 3.22. The summed E-state index contributed by atoms with van der Waals surface area (Å²) in [6, 6.07) is 12.7. The van der Waals surface area contributed by atoms with Gasteiger partial charge < -0.3 is 14.8 Å². The zero-order chi connectivity index (χ0) is 20.9. The maximum absolute atomic E-state index is 13.4. The number of aromatic nitrogens is 1. The molecule has 1 amide bonds. The summed E-state index contributed by atoms with van der Waals surface area (Å²) in [7, 11) is 0. The maximum atomic E-state index is 13.4. The monoisotopic (exact) mass is 426 g/mol. The van der Waals surface area contributed by atoms with Crippen LogP contribution in [0.5, 0.6) is 11.5 Å². The molecule has 0 radical (unpaired) electrons. The topological polar surface area (TPSA) is 84.8 Å². The third-order valence-corrected chi connectivity index (χ3v) is 4.51. The lowest BCUT2D eigenvalue weighted by atomic mass is 10.2. The highest BCUT2D eigenvalue weighted by Gasteiger charge is 2.15. The molecule has 4 rings (SSSR count). The summed E-state index contributed by atoms with van der Waals surface area (Å²) >= 11 is 5.79. The van der Waals surface area contributed by atoms with E-state index in [0.29, 0.717) is 23.7 Å². The van der Waals surface area contributed by atoms with E-state index < -0.39 is 11.7 Å². The van der Waals surface area contributed by atoms with Crippen molar-refractivity contribution in [3.8, 4) is 11.5 Å². The molecule has 1 aliphatic heterocycles. The minimum absolute atomic E-state index is 0.137. The molecule has 30 heavy (non-hydrogen) atoms. The number of nitrogens with one attached hydrogen (secondary N) is 2. The van der Waals surface area contributed by atoms with E-state index in [1.54, 1.807) is 30.6 Å². The first-order valence-electron chi connectivity index (χ1n) is 8.95. The number of aliphatic imine (C=N–C) groups is 1. The molecule has 0 unspecified atom stereocenters. The van der Waals surface area contributed by atoms with Crippen LogP contribution in [0.4, 0.5) is 10.1 Å². The molecular formula is C21H16ClFN4O3. The van der Waals surface area contributed by atoms with E-state index in [2.05, 4.69) is 20.6 Å². The normalized spacial score (nSPS) is 12.5. The van der Waals surface area contributed by atoms with Gasteiger partial charge in [-0.3, -0.25) is 15.1 Å². The number of pyridine rings is 1. The molecule has 3 aromatic rings. The summed E-state index contributed by atoms with van der Waals surface area (Å²) in [4.78, 5) is 21.1. The predicted octanol–water partition coefficient (Wildman–Crippen LogP) is 4.00. The number of rotatable bonds is 4. The van der Waals surface area contributed by atoms with Gasteiger partial charge in [0, 0.05) is 29.7 Å². The number of nitrogens with zero attached hydrogens (tertiary/aromatic N) is 2. The lowest BCUT2D eigenvalue weighted by molar-refractivity contribution is 0.0977. The molecule has 0 bridgehead atoms. The molecule has 152 valence electrons. The SMILES string of the molecule is O=C(NC(=NCc1ccncc1)Nc1ccc2c(c1)OCO2)c1ccc(F)c(Cl)c1. The van der Waals surface area contributed by atoms with Crippen LogP contribution in [0.2, 0.25) is 5.02 Å². The van der Waals surface area contributed by atoms with E-state index in [4.69, 9.17) is 21.1 Å². The summed E-state index contributed by atoms with van der Waals surface area (Å²) in [5, 5.41) is 5.63. The van der Waals surface area contributed by atoms with E-state index in [1.807, 2.05) is 12.1 Å². The fourth-order valence-corrected chi connectivity index (χ4v) is 2.88. The van der Waals surface area contributed by atoms with Crippen LogP contribution in [-0.4, -0.2) is 23.6 Å². The second kappa shape index (κ2) is 8.79. The van der Waals surface area contributed by atoms with Crippen LogP contribution in [0.15, 0.2) is 65.9 Å². The average molecular weight is 427 g/mol. The van der Waals surface area contributed by atoms with Crippen molar-refractivity contribution in [3.05, 3.63) is 82.9 Å². The second-order valence-corrected chi connectivity index (χ2v) is 6.70. The zero-order valence-electron chi connectivity index (χ0n) is 15.6. The first-order valence-corrected chi connectivity index (χ1v) is 9.33. The van der Waals surface area contributed by atoms with E-state index >= 15 is 0 Å². The Kier molecular flexibility index (Phi) is 5.76. The number of ether oxygens (including phenoxy) is 2. The lowest BCUT2D eigenvalue weighted by Gasteiger charge is -2.13. The van der Waals surface area contributed by atoms with Crippen molar-refractivity contribution in [3.63, 3.8) is 0 Å². The minimum Gasteiger partial charge on any atom is -0.454 e. The zero-order valence-corrected chi connectivity index (χ0v) is 16.3. The molecule has 2 aromatic carbocycles. The number of halogens is 2. The number of carbonyl (C=O) groups is 1. The standard InChI is InChI=1S/C21H16ClFN4O3/c22-16-9-14(1-3-17(16)23)20(28)27-21(25-11-13-5-7-24-8-6-13)26-15-2-4-18-19(10-15)30-12-29-18/h1-10H,11-12H2,(H2,25,26,27,28). The second-order valence-electron chi connectivity index (χ2n) is 6.30. The quantitative estimate of drug-likeness (QED) is 0.486. The van der Waals surface area contributed by atoms with Gasteiger partial charge in [-0.1, -0.05) is 11.6 Å². The van der Waals surface area contributed by atoms with Gasteiger partial charge in [-0.15, -0.1) is 0 Å².